The molecule has 1 atom stereocenters. The predicted octanol–water partition coefficient (Wildman–Crippen LogP) is 4.85. The van der Waals surface area contributed by atoms with Gasteiger partial charge in [0.05, 0.1) is 21.7 Å². The summed E-state index contributed by atoms with van der Waals surface area (Å²) in [7, 11) is 0. The first kappa shape index (κ1) is 16.0. The van der Waals surface area contributed by atoms with E-state index in [-0.39, 0.29) is 0 Å². The molecule has 7 aromatic rings. The molecule has 0 aliphatic carbocycles. The Hall–Kier alpha value is -4.64. The number of rotatable bonds is 0. The molecule has 3 aliphatic rings. The molecule has 10 rings (SSSR count). The maximum absolute atomic E-state index is 6.66. The lowest BCUT2D eigenvalue weighted by molar-refractivity contribution is -0.945. The lowest BCUT2D eigenvalue weighted by Crippen LogP contribution is -2.72. The van der Waals surface area contributed by atoms with Crippen LogP contribution < -0.4 is 13.9 Å². The Morgan fingerprint density at radius 2 is 1.29 bits per heavy atom. The van der Waals surface area contributed by atoms with Crippen LogP contribution in [-0.2, 0) is 5.66 Å². The van der Waals surface area contributed by atoms with Crippen molar-refractivity contribution in [2.45, 2.75) is 5.66 Å². The fraction of sp³-hybridized carbons (Fsp3) is 0.0345. The van der Waals surface area contributed by atoms with E-state index < -0.39 is 5.66 Å². The summed E-state index contributed by atoms with van der Waals surface area (Å²) in [5, 5.41) is 7.19. The second-order valence-corrected chi connectivity index (χ2v) is 9.45. The minimum absolute atomic E-state index is 0.551. The molecular weight excluding hydrogens is 420 g/mol. The number of fused-ring (bicyclic) bond motifs is 3. The van der Waals surface area contributed by atoms with E-state index in [0.29, 0.717) is 0 Å². The van der Waals surface area contributed by atoms with Crippen molar-refractivity contribution in [2.24, 2.45) is 0 Å². The van der Waals surface area contributed by atoms with Gasteiger partial charge in [-0.15, -0.1) is 9.13 Å². The normalized spacial score (nSPS) is 18.4. The molecule has 0 N–H and O–H groups in total. The van der Waals surface area contributed by atoms with Gasteiger partial charge in [0.25, 0.3) is 0 Å². The van der Waals surface area contributed by atoms with Crippen molar-refractivity contribution in [2.75, 3.05) is 0 Å². The molecule has 0 saturated heterocycles. The van der Waals surface area contributed by atoms with Gasteiger partial charge in [-0.3, -0.25) is 9.97 Å². The minimum atomic E-state index is -0.551. The number of hydrogen-bond donors (Lipinski definition) is 0. The minimum Gasteiger partial charge on any atom is -0.456 e. The zero-order chi connectivity index (χ0) is 21.8. The molecule has 0 amide bonds. The summed E-state index contributed by atoms with van der Waals surface area (Å²) < 4.78 is 11.6. The smallest absolute Gasteiger partial charge is 0.425 e. The van der Waals surface area contributed by atoms with Gasteiger partial charge in [0, 0.05) is 35.3 Å². The van der Waals surface area contributed by atoms with Crippen LogP contribution in [0.4, 0.5) is 0 Å². The van der Waals surface area contributed by atoms with Crippen molar-refractivity contribution >= 4 is 54.4 Å². The molecule has 3 aromatic heterocycles. The van der Waals surface area contributed by atoms with Crippen LogP contribution >= 0.6 is 0 Å². The quantitative estimate of drug-likeness (QED) is 0.253. The number of nitrogens with zero attached hydrogens (tertiary/aromatic N) is 4. The molecule has 0 saturated carbocycles. The van der Waals surface area contributed by atoms with Gasteiger partial charge in [0.2, 0.25) is 11.0 Å². The summed E-state index contributed by atoms with van der Waals surface area (Å²) >= 11 is 0. The summed E-state index contributed by atoms with van der Waals surface area (Å²) in [6.45, 7) is 0. The van der Waals surface area contributed by atoms with Gasteiger partial charge in [0.15, 0.2) is 23.5 Å². The zero-order valence-corrected chi connectivity index (χ0v) is 17.8. The van der Waals surface area contributed by atoms with Crippen LogP contribution in [-0.4, -0.2) is 9.97 Å². The average Bonchev–Trinajstić information content (AvgIpc) is 3.39. The fourth-order valence-electron chi connectivity index (χ4n) is 7.05. The average molecular weight is 434 g/mol. The molecule has 4 aromatic carbocycles. The second-order valence-electron chi connectivity index (χ2n) is 9.45. The molecule has 0 bridgehead atoms. The number of pyridine rings is 2. The molecule has 0 radical (unpaired) electrons. The first-order valence-electron chi connectivity index (χ1n) is 11.5. The third-order valence-electron chi connectivity index (χ3n) is 8.12. The Balaban J connectivity index is 1.60. The van der Waals surface area contributed by atoms with Crippen LogP contribution in [0.5, 0.6) is 11.5 Å². The summed E-state index contributed by atoms with van der Waals surface area (Å²) in [5.41, 5.74) is 6.18. The molecule has 6 heterocycles. The SMILES string of the molecule is c1cc2ccc3ccc4c5c3c2[n+](c1)C51c2c(ccc3c5nccnc5c5ccc[n+]1c5c23)O4. The van der Waals surface area contributed by atoms with E-state index in [1.807, 2.05) is 0 Å². The molecule has 0 fully saturated rings. The Morgan fingerprint density at radius 3 is 2.18 bits per heavy atom. The van der Waals surface area contributed by atoms with Gasteiger partial charge in [-0.1, -0.05) is 12.1 Å². The van der Waals surface area contributed by atoms with E-state index in [2.05, 4.69) is 82.2 Å². The highest BCUT2D eigenvalue weighted by atomic mass is 16.5. The van der Waals surface area contributed by atoms with Crippen LogP contribution in [0.3, 0.4) is 0 Å². The summed E-state index contributed by atoms with van der Waals surface area (Å²) in [6.07, 6.45) is 8.02. The highest BCUT2D eigenvalue weighted by molar-refractivity contribution is 6.23. The van der Waals surface area contributed by atoms with E-state index in [1.165, 1.54) is 43.7 Å². The third kappa shape index (κ3) is 1.38. The van der Waals surface area contributed by atoms with E-state index in [0.717, 1.165) is 33.3 Å². The summed E-state index contributed by atoms with van der Waals surface area (Å²) in [5.74, 6) is 1.83. The molecule has 1 unspecified atom stereocenters. The van der Waals surface area contributed by atoms with Crippen LogP contribution in [0, 0.1) is 0 Å². The van der Waals surface area contributed by atoms with Crippen LogP contribution in [0.15, 0.2) is 85.5 Å². The van der Waals surface area contributed by atoms with Gasteiger partial charge in [0.1, 0.15) is 17.0 Å². The summed E-state index contributed by atoms with van der Waals surface area (Å²) in [4.78, 5) is 9.56. The lowest BCUT2D eigenvalue weighted by Gasteiger charge is -2.26. The molecule has 34 heavy (non-hydrogen) atoms. The maximum atomic E-state index is 6.66. The van der Waals surface area contributed by atoms with E-state index in [4.69, 9.17) is 14.7 Å². The number of hydrogen-bond acceptors (Lipinski definition) is 3. The summed E-state index contributed by atoms with van der Waals surface area (Å²) in [6, 6.07) is 21.7. The third-order valence-corrected chi connectivity index (χ3v) is 8.12. The van der Waals surface area contributed by atoms with Crippen molar-refractivity contribution in [3.63, 3.8) is 0 Å². The first-order chi connectivity index (χ1) is 16.9. The Bertz CT molecular complexity index is 2170. The highest BCUT2D eigenvalue weighted by Gasteiger charge is 2.69. The van der Waals surface area contributed by atoms with Crippen molar-refractivity contribution in [1.29, 1.82) is 0 Å². The standard InChI is InChI=1S/C29H14N4O/c1-3-16-6-5-15-7-9-19-23-21(15)27(16)32(13-1)29(23)24-20(34-19)10-8-17-22(24)28-18(4-2-14-33(28)29)26-25(17)30-11-12-31-26/h1-14H/q+2. The molecule has 5 heteroatoms. The Kier molecular flexibility index (Phi) is 2.28. The molecule has 5 nitrogen and oxygen atoms in total. The van der Waals surface area contributed by atoms with Crippen LogP contribution in [0.1, 0.15) is 11.1 Å². The Labute approximate surface area is 192 Å². The highest BCUT2D eigenvalue weighted by Crippen LogP contribution is 2.57. The molecular formula is C29H14N4O+2. The molecule has 154 valence electrons. The van der Waals surface area contributed by atoms with Crippen molar-refractivity contribution < 1.29 is 13.9 Å². The number of ether oxygens (including phenoxy) is 1. The van der Waals surface area contributed by atoms with E-state index in [1.54, 1.807) is 12.4 Å². The lowest BCUT2D eigenvalue weighted by atomic mass is 9.85. The van der Waals surface area contributed by atoms with E-state index >= 15 is 0 Å². The van der Waals surface area contributed by atoms with Gasteiger partial charge in [-0.05, 0) is 41.8 Å². The van der Waals surface area contributed by atoms with Crippen molar-refractivity contribution in [3.8, 4) is 11.5 Å². The van der Waals surface area contributed by atoms with Crippen molar-refractivity contribution in [3.05, 3.63) is 96.6 Å². The number of benzene rings is 4. The maximum Gasteiger partial charge on any atom is 0.425 e. The van der Waals surface area contributed by atoms with Gasteiger partial charge < -0.3 is 4.74 Å². The van der Waals surface area contributed by atoms with Crippen LogP contribution in [0.2, 0.25) is 0 Å². The second kappa shape index (κ2) is 4.82. The first-order valence-corrected chi connectivity index (χ1v) is 11.5. The molecule has 1 spiro atoms. The number of aromatic nitrogens is 4. The van der Waals surface area contributed by atoms with Gasteiger partial charge in [-0.2, -0.15) is 0 Å². The fourth-order valence-corrected chi connectivity index (χ4v) is 7.05. The van der Waals surface area contributed by atoms with Crippen molar-refractivity contribution in [1.82, 2.24) is 9.97 Å². The molecule has 3 aliphatic heterocycles. The van der Waals surface area contributed by atoms with Gasteiger partial charge >= 0.3 is 5.66 Å². The monoisotopic (exact) mass is 434 g/mol. The van der Waals surface area contributed by atoms with Gasteiger partial charge in [-0.25, -0.2) is 0 Å². The Morgan fingerprint density at radius 1 is 0.618 bits per heavy atom. The predicted molar refractivity (Wildman–Crippen MR) is 128 cm³/mol. The largest absolute Gasteiger partial charge is 0.456 e. The topological polar surface area (TPSA) is 42.8 Å². The van der Waals surface area contributed by atoms with E-state index in [9.17, 15) is 0 Å². The van der Waals surface area contributed by atoms with Crippen LogP contribution in [0.25, 0.3) is 54.4 Å². The zero-order valence-electron chi connectivity index (χ0n) is 17.8.